The smallest absolute Gasteiger partial charge is 0.218 e. The minimum absolute atomic E-state index is 0.0286. The third kappa shape index (κ3) is 3.63. The summed E-state index contributed by atoms with van der Waals surface area (Å²) < 4.78 is 9.98. The van der Waals surface area contributed by atoms with E-state index in [-0.39, 0.29) is 12.6 Å². The van der Waals surface area contributed by atoms with Gasteiger partial charge in [0.25, 0.3) is 0 Å². The number of aryl methyl sites for hydroxylation is 1. The maximum atomic E-state index is 9.10. The van der Waals surface area contributed by atoms with Crippen LogP contribution in [0.25, 0.3) is 0 Å². The van der Waals surface area contributed by atoms with Crippen molar-refractivity contribution in [1.82, 2.24) is 9.97 Å². The first-order valence-corrected chi connectivity index (χ1v) is 4.95. The molecule has 90 valence electrons. The topological polar surface area (TPSA) is 76.5 Å². The molecule has 0 bridgehead atoms. The Morgan fingerprint density at radius 1 is 1.44 bits per heavy atom. The number of aliphatic hydroxyl groups is 1. The van der Waals surface area contributed by atoms with E-state index in [1.54, 1.807) is 27.2 Å². The first-order valence-electron chi connectivity index (χ1n) is 4.95. The molecule has 1 aromatic rings. The number of aliphatic hydroxyl groups excluding tert-OH is 1. The Hall–Kier alpha value is -1.40. The van der Waals surface area contributed by atoms with Crippen molar-refractivity contribution < 1.29 is 14.6 Å². The van der Waals surface area contributed by atoms with E-state index in [2.05, 4.69) is 15.3 Å². The van der Waals surface area contributed by atoms with Gasteiger partial charge in [-0.3, -0.25) is 0 Å². The second kappa shape index (κ2) is 6.24. The number of hydrogen-bond donors (Lipinski definition) is 2. The monoisotopic (exact) mass is 227 g/mol. The molecule has 0 fully saturated rings. The zero-order valence-corrected chi connectivity index (χ0v) is 9.73. The van der Waals surface area contributed by atoms with Gasteiger partial charge in [-0.15, -0.1) is 0 Å². The molecule has 0 amide bonds. The highest BCUT2D eigenvalue weighted by atomic mass is 16.5. The minimum Gasteiger partial charge on any atom is -0.481 e. The molecule has 0 saturated heterocycles. The maximum absolute atomic E-state index is 9.10. The molecule has 6 heteroatoms. The molecule has 0 aliphatic rings. The van der Waals surface area contributed by atoms with Gasteiger partial charge in [0.1, 0.15) is 11.6 Å². The van der Waals surface area contributed by atoms with Crippen molar-refractivity contribution in [2.24, 2.45) is 0 Å². The van der Waals surface area contributed by atoms with Crippen molar-refractivity contribution in [3.05, 3.63) is 11.9 Å². The van der Waals surface area contributed by atoms with Gasteiger partial charge in [-0.25, -0.2) is 4.98 Å². The van der Waals surface area contributed by atoms with Gasteiger partial charge in [0, 0.05) is 13.2 Å². The van der Waals surface area contributed by atoms with Gasteiger partial charge in [-0.1, -0.05) is 0 Å². The van der Waals surface area contributed by atoms with Crippen LogP contribution in [0.5, 0.6) is 5.88 Å². The molecular formula is C10H17N3O3. The summed E-state index contributed by atoms with van der Waals surface area (Å²) in [5.74, 6) is 1.71. The maximum Gasteiger partial charge on any atom is 0.218 e. The summed E-state index contributed by atoms with van der Waals surface area (Å²) in [6.07, 6.45) is 0. The zero-order valence-electron chi connectivity index (χ0n) is 9.73. The van der Waals surface area contributed by atoms with Crippen LogP contribution in [0.2, 0.25) is 0 Å². The van der Waals surface area contributed by atoms with Crippen LogP contribution < -0.4 is 10.1 Å². The fourth-order valence-electron chi connectivity index (χ4n) is 1.27. The Bertz CT molecular complexity index is 333. The fourth-order valence-corrected chi connectivity index (χ4v) is 1.27. The average molecular weight is 227 g/mol. The van der Waals surface area contributed by atoms with Crippen LogP contribution in [0.4, 0.5) is 5.82 Å². The lowest BCUT2D eigenvalue weighted by Crippen LogP contribution is -2.29. The van der Waals surface area contributed by atoms with E-state index in [0.717, 1.165) is 0 Å². The van der Waals surface area contributed by atoms with E-state index in [9.17, 15) is 0 Å². The minimum atomic E-state index is -0.191. The summed E-state index contributed by atoms with van der Waals surface area (Å²) in [7, 11) is 3.13. The van der Waals surface area contributed by atoms with Gasteiger partial charge in [0.15, 0.2) is 0 Å². The summed E-state index contributed by atoms with van der Waals surface area (Å²) in [5.41, 5.74) is 0. The zero-order chi connectivity index (χ0) is 12.0. The van der Waals surface area contributed by atoms with Gasteiger partial charge < -0.3 is 19.9 Å². The van der Waals surface area contributed by atoms with E-state index in [1.165, 1.54) is 0 Å². The second-order valence-electron chi connectivity index (χ2n) is 3.32. The first-order chi connectivity index (χ1) is 7.69. The molecule has 1 aromatic heterocycles. The summed E-state index contributed by atoms with van der Waals surface area (Å²) in [6.45, 7) is 2.15. The van der Waals surface area contributed by atoms with E-state index in [0.29, 0.717) is 24.1 Å². The summed E-state index contributed by atoms with van der Waals surface area (Å²) in [4.78, 5) is 8.25. The SMILES string of the molecule is COCC(CO)Nc1cc(OC)nc(C)n1. The van der Waals surface area contributed by atoms with Crippen LogP contribution in [-0.4, -0.2) is 48.5 Å². The Morgan fingerprint density at radius 3 is 2.75 bits per heavy atom. The van der Waals surface area contributed by atoms with Crippen LogP contribution in [0.1, 0.15) is 5.82 Å². The van der Waals surface area contributed by atoms with Crippen LogP contribution in [0.3, 0.4) is 0 Å². The molecule has 1 heterocycles. The molecular weight excluding hydrogens is 210 g/mol. The first kappa shape index (κ1) is 12.7. The predicted octanol–water partition coefficient (Wildman–Crippen LogP) is 0.213. The number of nitrogens with one attached hydrogen (secondary N) is 1. The fraction of sp³-hybridized carbons (Fsp3) is 0.600. The molecule has 0 aliphatic heterocycles. The number of ether oxygens (including phenoxy) is 2. The number of nitrogens with zero attached hydrogens (tertiary/aromatic N) is 2. The lowest BCUT2D eigenvalue weighted by molar-refractivity contribution is 0.153. The lowest BCUT2D eigenvalue weighted by Gasteiger charge is -2.16. The molecule has 16 heavy (non-hydrogen) atoms. The Labute approximate surface area is 94.6 Å². The van der Waals surface area contributed by atoms with Crippen molar-refractivity contribution in [3.8, 4) is 5.88 Å². The third-order valence-corrected chi connectivity index (χ3v) is 1.96. The molecule has 0 aliphatic carbocycles. The Balaban J connectivity index is 2.74. The van der Waals surface area contributed by atoms with Crippen molar-refractivity contribution in [2.45, 2.75) is 13.0 Å². The molecule has 1 rings (SSSR count). The Kier molecular flexibility index (Phi) is 4.94. The molecule has 2 N–H and O–H groups in total. The van der Waals surface area contributed by atoms with Gasteiger partial charge in [-0.2, -0.15) is 4.98 Å². The number of aromatic nitrogens is 2. The van der Waals surface area contributed by atoms with Gasteiger partial charge in [-0.05, 0) is 6.92 Å². The molecule has 0 aromatic carbocycles. The molecule has 0 saturated carbocycles. The van der Waals surface area contributed by atoms with Crippen LogP contribution >= 0.6 is 0 Å². The van der Waals surface area contributed by atoms with Crippen molar-refractivity contribution >= 4 is 5.82 Å². The lowest BCUT2D eigenvalue weighted by atomic mass is 10.3. The van der Waals surface area contributed by atoms with E-state index < -0.39 is 0 Å². The quantitative estimate of drug-likeness (QED) is 0.723. The number of rotatable bonds is 6. The normalized spacial score (nSPS) is 12.2. The number of hydrogen-bond acceptors (Lipinski definition) is 6. The highest BCUT2D eigenvalue weighted by Gasteiger charge is 2.09. The van der Waals surface area contributed by atoms with Crippen molar-refractivity contribution in [1.29, 1.82) is 0 Å². The van der Waals surface area contributed by atoms with E-state index in [1.807, 2.05) is 0 Å². The van der Waals surface area contributed by atoms with E-state index in [4.69, 9.17) is 14.6 Å². The van der Waals surface area contributed by atoms with Crippen molar-refractivity contribution in [3.63, 3.8) is 0 Å². The van der Waals surface area contributed by atoms with Gasteiger partial charge in [0.2, 0.25) is 5.88 Å². The van der Waals surface area contributed by atoms with Gasteiger partial charge in [0.05, 0.1) is 26.4 Å². The highest BCUT2D eigenvalue weighted by Crippen LogP contribution is 2.13. The summed E-state index contributed by atoms with van der Waals surface area (Å²) in [6, 6.07) is 1.48. The summed E-state index contributed by atoms with van der Waals surface area (Å²) in [5, 5.41) is 12.1. The van der Waals surface area contributed by atoms with Crippen molar-refractivity contribution in [2.75, 3.05) is 32.8 Å². The van der Waals surface area contributed by atoms with Crippen LogP contribution in [0, 0.1) is 6.92 Å². The van der Waals surface area contributed by atoms with E-state index >= 15 is 0 Å². The summed E-state index contributed by atoms with van der Waals surface area (Å²) >= 11 is 0. The predicted molar refractivity (Wildman–Crippen MR) is 59.7 cm³/mol. The highest BCUT2D eigenvalue weighted by molar-refractivity contribution is 5.39. The molecule has 1 atom stereocenters. The molecule has 1 unspecified atom stereocenters. The standard InChI is InChI=1S/C10H17N3O3/c1-7-11-9(4-10(12-7)16-3)13-8(5-14)6-15-2/h4,8,14H,5-6H2,1-3H3,(H,11,12,13). The van der Waals surface area contributed by atoms with Gasteiger partial charge >= 0.3 is 0 Å². The largest absolute Gasteiger partial charge is 0.481 e. The van der Waals surface area contributed by atoms with Crippen LogP contribution in [-0.2, 0) is 4.74 Å². The molecule has 6 nitrogen and oxygen atoms in total. The Morgan fingerprint density at radius 2 is 2.19 bits per heavy atom. The average Bonchev–Trinajstić information content (AvgIpc) is 2.27. The molecule has 0 spiro atoms. The molecule has 0 radical (unpaired) electrons. The second-order valence-corrected chi connectivity index (χ2v) is 3.32. The van der Waals surface area contributed by atoms with Crippen LogP contribution in [0.15, 0.2) is 6.07 Å². The number of methoxy groups -OCH3 is 2. The number of anilines is 1. The third-order valence-electron chi connectivity index (χ3n) is 1.96.